The molecule has 12 atom stereocenters. The van der Waals surface area contributed by atoms with Gasteiger partial charge in [0.05, 0.1) is 5.41 Å². The van der Waals surface area contributed by atoms with Gasteiger partial charge in [0.15, 0.2) is 29.5 Å². The third-order valence-corrected chi connectivity index (χ3v) is 9.64. The molecule has 0 aromatic heterocycles. The zero-order valence-electron chi connectivity index (χ0n) is 26.1. The van der Waals surface area contributed by atoms with Crippen molar-refractivity contribution in [1.82, 2.24) is 0 Å². The lowest BCUT2D eigenvalue weighted by atomic mass is 9.52. The summed E-state index contributed by atoms with van der Waals surface area (Å²) >= 11 is 0. The number of hydrogen-bond donors (Lipinski definition) is 0. The van der Waals surface area contributed by atoms with Crippen molar-refractivity contribution in [1.29, 1.82) is 0 Å². The Bertz CT molecular complexity index is 1350. The Morgan fingerprint density at radius 1 is 0.773 bits per heavy atom. The Kier molecular flexibility index (Phi) is 7.44. The van der Waals surface area contributed by atoms with E-state index in [1.807, 2.05) is 0 Å². The number of ether oxygens (including phenoxy) is 8. The van der Waals surface area contributed by atoms with Gasteiger partial charge in [0.25, 0.3) is 0 Å². The molecule has 1 spiro atoms. The van der Waals surface area contributed by atoms with Crippen molar-refractivity contribution >= 4 is 35.8 Å². The zero-order chi connectivity index (χ0) is 32.7. The van der Waals surface area contributed by atoms with Crippen molar-refractivity contribution in [2.24, 2.45) is 11.3 Å². The van der Waals surface area contributed by atoms with Gasteiger partial charge < -0.3 is 37.9 Å². The maximum atomic E-state index is 13.2. The molecule has 0 amide bonds. The van der Waals surface area contributed by atoms with Gasteiger partial charge in [-0.1, -0.05) is 12.5 Å². The molecule has 5 rings (SSSR count). The summed E-state index contributed by atoms with van der Waals surface area (Å²) in [4.78, 5) is 76.4. The number of rotatable bonds is 5. The van der Waals surface area contributed by atoms with Gasteiger partial charge in [-0.2, -0.15) is 0 Å². The molecule has 4 fully saturated rings. The topological polar surface area (TPSA) is 183 Å². The Balaban J connectivity index is 1.86. The molecule has 5 aliphatic rings. The minimum Gasteiger partial charge on any atom is -0.459 e. The van der Waals surface area contributed by atoms with Gasteiger partial charge in [0.2, 0.25) is 0 Å². The van der Waals surface area contributed by atoms with Crippen molar-refractivity contribution in [2.45, 2.75) is 128 Å². The summed E-state index contributed by atoms with van der Waals surface area (Å²) in [5, 5.41) is 0. The maximum absolute atomic E-state index is 13.2. The smallest absolute Gasteiger partial charge is 0.342 e. The summed E-state index contributed by atoms with van der Waals surface area (Å²) in [6, 6.07) is 0. The number of carbonyl (C=O) groups excluding carboxylic acids is 6. The predicted octanol–water partition coefficient (Wildman–Crippen LogP) is 1.24. The molecule has 44 heavy (non-hydrogen) atoms. The molecule has 0 radical (unpaired) electrons. The van der Waals surface area contributed by atoms with Crippen LogP contribution in [0.3, 0.4) is 0 Å². The van der Waals surface area contributed by atoms with Crippen LogP contribution >= 0.6 is 0 Å². The van der Waals surface area contributed by atoms with Gasteiger partial charge in [-0.25, -0.2) is 4.79 Å². The Labute approximate surface area is 253 Å². The lowest BCUT2D eigenvalue weighted by Gasteiger charge is -2.56. The lowest BCUT2D eigenvalue weighted by molar-refractivity contribution is -0.244. The second kappa shape index (κ2) is 10.3. The van der Waals surface area contributed by atoms with Crippen molar-refractivity contribution < 1.29 is 66.7 Å². The molecule has 0 bridgehead atoms. The summed E-state index contributed by atoms with van der Waals surface area (Å²) < 4.78 is 47.7. The second-order valence-electron chi connectivity index (χ2n) is 12.8. The first kappa shape index (κ1) is 31.9. The summed E-state index contributed by atoms with van der Waals surface area (Å²) in [5.41, 5.74) is -5.51. The first-order valence-corrected chi connectivity index (χ1v) is 14.4. The van der Waals surface area contributed by atoms with E-state index in [2.05, 4.69) is 0 Å². The molecule has 14 nitrogen and oxygen atoms in total. The van der Waals surface area contributed by atoms with Crippen LogP contribution in [0.25, 0.3) is 0 Å². The van der Waals surface area contributed by atoms with E-state index in [0.717, 1.165) is 6.92 Å². The van der Waals surface area contributed by atoms with Gasteiger partial charge >= 0.3 is 35.8 Å². The van der Waals surface area contributed by atoms with E-state index in [-0.39, 0.29) is 6.42 Å². The Hall–Kier alpha value is -3.52. The Morgan fingerprint density at radius 2 is 1.30 bits per heavy atom. The quantitative estimate of drug-likeness (QED) is 0.185. The molecule has 0 N–H and O–H groups in total. The lowest BCUT2D eigenvalue weighted by Crippen LogP contribution is -2.71. The van der Waals surface area contributed by atoms with E-state index in [4.69, 9.17) is 37.9 Å². The van der Waals surface area contributed by atoms with Crippen molar-refractivity contribution in [3.8, 4) is 0 Å². The maximum Gasteiger partial charge on any atom is 0.342 e. The molecule has 3 aliphatic heterocycles. The van der Waals surface area contributed by atoms with Crippen LogP contribution in [-0.4, -0.2) is 95.3 Å². The number of epoxide rings is 2. The summed E-state index contributed by atoms with van der Waals surface area (Å²) in [5.74, 6) is -5.41. The van der Waals surface area contributed by atoms with Gasteiger partial charge in [-0.3, -0.25) is 24.0 Å². The first-order chi connectivity index (χ1) is 20.3. The second-order valence-corrected chi connectivity index (χ2v) is 12.8. The molecule has 0 aromatic rings. The number of hydrogen-bond acceptors (Lipinski definition) is 14. The third kappa shape index (κ3) is 4.59. The molecule has 14 heteroatoms. The molecule has 0 aromatic carbocycles. The molecule has 3 saturated heterocycles. The van der Waals surface area contributed by atoms with E-state index >= 15 is 0 Å². The third-order valence-electron chi connectivity index (χ3n) is 9.64. The van der Waals surface area contributed by atoms with Crippen molar-refractivity contribution in [2.75, 3.05) is 0 Å². The van der Waals surface area contributed by atoms with E-state index in [1.165, 1.54) is 34.6 Å². The van der Waals surface area contributed by atoms with Crippen LogP contribution in [0.1, 0.15) is 68.7 Å². The number of carbonyl (C=O) groups is 6. The van der Waals surface area contributed by atoms with Crippen LogP contribution in [-0.2, 0) is 66.7 Å². The minimum atomic E-state index is -1.69. The Morgan fingerprint density at radius 3 is 1.82 bits per heavy atom. The van der Waals surface area contributed by atoms with E-state index in [0.29, 0.717) is 5.57 Å². The highest BCUT2D eigenvalue weighted by Crippen LogP contribution is 2.70. The van der Waals surface area contributed by atoms with Gasteiger partial charge in [-0.05, 0) is 26.8 Å². The molecule has 242 valence electrons. The van der Waals surface area contributed by atoms with E-state index in [9.17, 15) is 28.8 Å². The van der Waals surface area contributed by atoms with E-state index in [1.54, 1.807) is 26.8 Å². The fourth-order valence-electron chi connectivity index (χ4n) is 8.08. The number of esters is 6. The average Bonchev–Trinajstić information content (AvgIpc) is 3.72. The molecule has 3 heterocycles. The summed E-state index contributed by atoms with van der Waals surface area (Å²) in [7, 11) is 0. The van der Waals surface area contributed by atoms with Gasteiger partial charge in [-0.15, -0.1) is 0 Å². The highest BCUT2D eigenvalue weighted by molar-refractivity contribution is 5.89. The van der Waals surface area contributed by atoms with Gasteiger partial charge in [0, 0.05) is 47.0 Å². The molecule has 2 aliphatic carbocycles. The van der Waals surface area contributed by atoms with Crippen LogP contribution in [0, 0.1) is 11.3 Å². The first-order valence-electron chi connectivity index (χ1n) is 14.4. The zero-order valence-corrected chi connectivity index (χ0v) is 26.1. The average molecular weight is 623 g/mol. The minimum absolute atomic E-state index is 0.00899. The fraction of sp³-hybridized carbons (Fsp3) is 0.733. The fourth-order valence-corrected chi connectivity index (χ4v) is 8.08. The highest BCUT2D eigenvalue weighted by atomic mass is 16.7. The standard InChI is InChI=1S/C30H38O14/c1-12-10-18(37-13(2)31)22(39-15(4)33)27(7)21(28(8)24(43-28)20(38-14(3)32)23(27)40-16(5)34)25(41-17(6)35)30-19(11-12)42-26(36)29(30,9)44-30/h11,18-25H,10H2,1-9H3/b12-11-/t18?,19-,20-,21+,22-,23-,24-,25-,27-,28+,29-,30-/m0/s1. The molecule has 1 unspecified atom stereocenters. The number of fused-ring (bicyclic) bond motifs is 3. The summed E-state index contributed by atoms with van der Waals surface area (Å²) in [6.45, 7) is 12.4. The van der Waals surface area contributed by atoms with Crippen LogP contribution < -0.4 is 0 Å². The van der Waals surface area contributed by atoms with E-state index < -0.39 is 107 Å². The molecular weight excluding hydrogens is 584 g/mol. The van der Waals surface area contributed by atoms with Crippen molar-refractivity contribution in [3.05, 3.63) is 11.6 Å². The van der Waals surface area contributed by atoms with Crippen LogP contribution in [0.15, 0.2) is 11.6 Å². The largest absolute Gasteiger partial charge is 0.459 e. The predicted molar refractivity (Wildman–Crippen MR) is 143 cm³/mol. The van der Waals surface area contributed by atoms with Gasteiger partial charge in [0.1, 0.15) is 30.0 Å². The highest BCUT2D eigenvalue weighted by Gasteiger charge is 2.90. The van der Waals surface area contributed by atoms with Crippen LogP contribution in [0.2, 0.25) is 0 Å². The summed E-state index contributed by atoms with van der Waals surface area (Å²) in [6.07, 6.45) is -6.82. The molecular formula is C30H38O14. The SMILES string of the molecule is CC(=O)OC1C/C(C)=C\[C@@H]2OC(=O)[C@]3(C)O[C@]23[C@@H](OC(C)=O)[C@H]2[C@@]3(C)O[C@H]3[C@@H](OC(C)=O)[C@H](OC(C)=O)[C@]2(C)[C@H]1OC(C)=O. The van der Waals surface area contributed by atoms with Crippen LogP contribution in [0.4, 0.5) is 0 Å². The van der Waals surface area contributed by atoms with Crippen molar-refractivity contribution in [3.63, 3.8) is 0 Å². The van der Waals surface area contributed by atoms with Crippen LogP contribution in [0.5, 0.6) is 0 Å². The normalized spacial score (nSPS) is 46.1. The monoisotopic (exact) mass is 622 g/mol. The molecule has 1 saturated carbocycles.